The van der Waals surface area contributed by atoms with Crippen LogP contribution < -0.4 is 5.32 Å². The molecule has 2 atom stereocenters. The number of carboxylic acid groups (broad SMARTS) is 1. The number of aliphatic hydroxyl groups is 1. The van der Waals surface area contributed by atoms with Gasteiger partial charge in [0, 0.05) is 13.0 Å². The summed E-state index contributed by atoms with van der Waals surface area (Å²) < 4.78 is 38.0. The fourth-order valence-corrected chi connectivity index (χ4v) is 2.15. The topological polar surface area (TPSA) is 89.9 Å². The van der Waals surface area contributed by atoms with Gasteiger partial charge < -0.3 is 20.4 Å². The van der Waals surface area contributed by atoms with Gasteiger partial charge in [-0.05, 0) is 12.8 Å². The third kappa shape index (κ3) is 2.46. The summed E-state index contributed by atoms with van der Waals surface area (Å²) in [6.45, 7) is -0.281. The maximum atomic E-state index is 12.7. The van der Waals surface area contributed by atoms with E-state index in [-0.39, 0.29) is 25.8 Å². The Labute approximate surface area is 106 Å². The van der Waals surface area contributed by atoms with Crippen LogP contribution in [0.4, 0.5) is 18.0 Å². The number of aliphatic hydroxyl groups excluding tert-OH is 1. The lowest BCUT2D eigenvalue weighted by Gasteiger charge is -2.26. The number of nitrogens with one attached hydrogen (secondary N) is 1. The van der Waals surface area contributed by atoms with Crippen LogP contribution in [0.1, 0.15) is 19.3 Å². The van der Waals surface area contributed by atoms with Crippen LogP contribution in [0.5, 0.6) is 0 Å². The number of halogens is 3. The van der Waals surface area contributed by atoms with E-state index in [1.54, 1.807) is 0 Å². The Bertz CT molecular complexity index is 408. The molecule has 2 rings (SSSR count). The largest absolute Gasteiger partial charge is 0.480 e. The third-order valence-electron chi connectivity index (χ3n) is 3.46. The van der Waals surface area contributed by atoms with E-state index in [0.29, 0.717) is 0 Å². The van der Waals surface area contributed by atoms with Crippen LogP contribution in [0.15, 0.2) is 0 Å². The molecule has 1 heterocycles. The monoisotopic (exact) mass is 282 g/mol. The predicted octanol–water partition coefficient (Wildman–Crippen LogP) is 0.311. The van der Waals surface area contributed by atoms with Crippen molar-refractivity contribution in [2.75, 3.05) is 6.54 Å². The number of amides is 2. The van der Waals surface area contributed by atoms with Crippen molar-refractivity contribution in [2.24, 2.45) is 0 Å². The molecule has 6 nitrogen and oxygen atoms in total. The van der Waals surface area contributed by atoms with E-state index in [0.717, 1.165) is 4.90 Å². The van der Waals surface area contributed by atoms with Crippen molar-refractivity contribution in [3.05, 3.63) is 0 Å². The van der Waals surface area contributed by atoms with Gasteiger partial charge in [-0.15, -0.1) is 0 Å². The number of likely N-dealkylation sites (tertiary alicyclic amines) is 1. The molecule has 2 amide bonds. The van der Waals surface area contributed by atoms with Gasteiger partial charge in [0.15, 0.2) is 0 Å². The Morgan fingerprint density at radius 3 is 2.32 bits per heavy atom. The SMILES string of the molecule is O=C(O)[C@@H]1CC(O)CN1C(=O)NC1(C(F)(F)F)CC1. The van der Waals surface area contributed by atoms with Gasteiger partial charge in [0.1, 0.15) is 11.6 Å². The first-order valence-electron chi connectivity index (χ1n) is 5.73. The zero-order valence-electron chi connectivity index (χ0n) is 9.78. The number of nitrogens with zero attached hydrogens (tertiary/aromatic N) is 1. The van der Waals surface area contributed by atoms with Gasteiger partial charge in [-0.1, -0.05) is 0 Å². The molecule has 1 unspecified atom stereocenters. The van der Waals surface area contributed by atoms with Gasteiger partial charge in [0.25, 0.3) is 0 Å². The number of hydrogen-bond acceptors (Lipinski definition) is 3. The molecule has 0 radical (unpaired) electrons. The number of carbonyl (C=O) groups excluding carboxylic acids is 1. The number of hydrogen-bond donors (Lipinski definition) is 3. The lowest BCUT2D eigenvalue weighted by atomic mass is 10.2. The van der Waals surface area contributed by atoms with E-state index in [1.165, 1.54) is 0 Å². The summed E-state index contributed by atoms with van der Waals surface area (Å²) in [4.78, 5) is 23.4. The number of β-amino-alcohol motifs (C(OH)–C–C–N with tert-alkyl or cyclic N) is 1. The number of urea groups is 1. The molecule has 1 aliphatic carbocycles. The van der Waals surface area contributed by atoms with Gasteiger partial charge >= 0.3 is 18.2 Å². The van der Waals surface area contributed by atoms with Crippen LogP contribution in [0.2, 0.25) is 0 Å². The maximum Gasteiger partial charge on any atom is 0.411 e. The second-order valence-corrected chi connectivity index (χ2v) is 4.91. The number of carboxylic acids is 1. The molecule has 0 spiro atoms. The van der Waals surface area contributed by atoms with Crippen molar-refractivity contribution in [1.82, 2.24) is 10.2 Å². The molecule has 2 aliphatic rings. The summed E-state index contributed by atoms with van der Waals surface area (Å²) in [6, 6.07) is -2.39. The molecule has 0 aromatic carbocycles. The van der Waals surface area contributed by atoms with E-state index in [1.807, 2.05) is 5.32 Å². The van der Waals surface area contributed by atoms with Crippen molar-refractivity contribution >= 4 is 12.0 Å². The second-order valence-electron chi connectivity index (χ2n) is 4.91. The van der Waals surface area contributed by atoms with E-state index in [9.17, 15) is 27.9 Å². The van der Waals surface area contributed by atoms with Crippen LogP contribution in [-0.2, 0) is 4.79 Å². The third-order valence-corrected chi connectivity index (χ3v) is 3.46. The standard InChI is InChI=1S/C10H13F3N2O4/c11-10(12,13)9(1-2-9)14-8(19)15-4-5(16)3-6(15)7(17)18/h5-6,16H,1-4H2,(H,14,19)(H,17,18)/t5?,6-/m0/s1. The fraction of sp³-hybridized carbons (Fsp3) is 0.800. The Hall–Kier alpha value is -1.51. The molecule has 1 aliphatic heterocycles. The predicted molar refractivity (Wildman–Crippen MR) is 55.3 cm³/mol. The highest BCUT2D eigenvalue weighted by molar-refractivity contribution is 5.84. The van der Waals surface area contributed by atoms with Crippen molar-refractivity contribution in [2.45, 2.75) is 43.1 Å². The Kier molecular flexibility index (Phi) is 3.12. The lowest BCUT2D eigenvalue weighted by molar-refractivity contribution is -0.163. The van der Waals surface area contributed by atoms with Gasteiger partial charge in [0.05, 0.1) is 6.10 Å². The fourth-order valence-electron chi connectivity index (χ4n) is 2.15. The summed E-state index contributed by atoms with van der Waals surface area (Å²) in [7, 11) is 0. The first-order chi connectivity index (χ1) is 8.66. The zero-order valence-corrected chi connectivity index (χ0v) is 9.78. The molecule has 3 N–H and O–H groups in total. The minimum Gasteiger partial charge on any atom is -0.480 e. The second kappa shape index (κ2) is 4.26. The molecular formula is C10H13F3N2O4. The summed E-state index contributed by atoms with van der Waals surface area (Å²) in [5, 5.41) is 20.0. The van der Waals surface area contributed by atoms with E-state index in [2.05, 4.69) is 0 Å². The summed E-state index contributed by atoms with van der Waals surface area (Å²) in [5.41, 5.74) is -2.24. The van der Waals surface area contributed by atoms with Crippen molar-refractivity contribution in [3.8, 4) is 0 Å². The molecule has 9 heteroatoms. The van der Waals surface area contributed by atoms with Crippen molar-refractivity contribution in [1.29, 1.82) is 0 Å². The van der Waals surface area contributed by atoms with Gasteiger partial charge in [0.2, 0.25) is 0 Å². The molecule has 0 aromatic rings. The van der Waals surface area contributed by atoms with E-state index in [4.69, 9.17) is 5.11 Å². The van der Waals surface area contributed by atoms with Crippen LogP contribution in [-0.4, -0.2) is 57.5 Å². The number of carbonyl (C=O) groups is 2. The number of alkyl halides is 3. The molecule has 1 saturated heterocycles. The van der Waals surface area contributed by atoms with Crippen LogP contribution in [0.3, 0.4) is 0 Å². The molecule has 1 saturated carbocycles. The van der Waals surface area contributed by atoms with Gasteiger partial charge in [-0.3, -0.25) is 0 Å². The normalized spacial score (nSPS) is 29.2. The van der Waals surface area contributed by atoms with Crippen molar-refractivity contribution < 1.29 is 33.0 Å². The Balaban J connectivity index is 2.06. The zero-order chi connectivity index (χ0) is 14.4. The van der Waals surface area contributed by atoms with Gasteiger partial charge in [-0.2, -0.15) is 13.2 Å². The smallest absolute Gasteiger partial charge is 0.411 e. The molecule has 108 valence electrons. The van der Waals surface area contributed by atoms with Crippen LogP contribution >= 0.6 is 0 Å². The molecule has 0 aromatic heterocycles. The Morgan fingerprint density at radius 1 is 1.32 bits per heavy atom. The molecular weight excluding hydrogens is 269 g/mol. The molecule has 0 bridgehead atoms. The quantitative estimate of drug-likeness (QED) is 0.680. The minimum atomic E-state index is -4.56. The number of rotatable bonds is 2. The van der Waals surface area contributed by atoms with Crippen molar-refractivity contribution in [3.63, 3.8) is 0 Å². The van der Waals surface area contributed by atoms with Crippen LogP contribution in [0.25, 0.3) is 0 Å². The summed E-state index contributed by atoms with van der Waals surface area (Å²) >= 11 is 0. The molecule has 2 fully saturated rings. The van der Waals surface area contributed by atoms with E-state index >= 15 is 0 Å². The van der Waals surface area contributed by atoms with E-state index < -0.39 is 35.9 Å². The highest BCUT2D eigenvalue weighted by Crippen LogP contribution is 2.49. The van der Waals surface area contributed by atoms with Crippen LogP contribution in [0, 0.1) is 0 Å². The highest BCUT2D eigenvalue weighted by atomic mass is 19.4. The number of aliphatic carboxylic acids is 1. The highest BCUT2D eigenvalue weighted by Gasteiger charge is 2.65. The summed E-state index contributed by atoms with van der Waals surface area (Å²) in [5.74, 6) is -1.34. The summed E-state index contributed by atoms with van der Waals surface area (Å²) in [6.07, 6.45) is -6.19. The maximum absolute atomic E-state index is 12.7. The van der Waals surface area contributed by atoms with Gasteiger partial charge in [-0.25, -0.2) is 9.59 Å². The lowest BCUT2D eigenvalue weighted by Crippen LogP contribution is -2.54. The minimum absolute atomic E-state index is 0.179. The average Bonchev–Trinajstić information content (AvgIpc) is 2.93. The average molecular weight is 282 g/mol. The first-order valence-corrected chi connectivity index (χ1v) is 5.73. The molecule has 19 heavy (non-hydrogen) atoms. The Morgan fingerprint density at radius 2 is 1.89 bits per heavy atom. The first kappa shape index (κ1) is 13.9.